The van der Waals surface area contributed by atoms with Gasteiger partial charge in [0.05, 0.1) is 11.8 Å². The molecule has 24 heavy (non-hydrogen) atoms. The summed E-state index contributed by atoms with van der Waals surface area (Å²) in [4.78, 5) is 24.7. The molecule has 1 aliphatic rings. The number of carbonyl (C=O) groups is 2. The molecule has 0 aliphatic carbocycles. The monoisotopic (exact) mass is 349 g/mol. The summed E-state index contributed by atoms with van der Waals surface area (Å²) < 4.78 is 25.2. The number of fused-ring (bicyclic) bond motifs is 1. The molecule has 2 amide bonds. The van der Waals surface area contributed by atoms with Gasteiger partial charge in [0, 0.05) is 5.56 Å². The summed E-state index contributed by atoms with van der Waals surface area (Å²) in [6.07, 6.45) is 0. The largest absolute Gasteiger partial charge is 0.336 e. The topological polar surface area (TPSA) is 107 Å². The van der Waals surface area contributed by atoms with Crippen molar-refractivity contribution in [1.82, 2.24) is 9.62 Å². The number of nitrogens with one attached hydrogen (secondary N) is 1. The minimum atomic E-state index is -3.92. The lowest BCUT2D eigenvalue weighted by atomic mass is 9.90. The van der Waals surface area contributed by atoms with Crippen LogP contribution in [-0.2, 0) is 20.6 Å². The van der Waals surface area contributed by atoms with Crippen molar-refractivity contribution in [2.24, 2.45) is 5.92 Å². The van der Waals surface area contributed by atoms with E-state index >= 15 is 0 Å². The van der Waals surface area contributed by atoms with E-state index < -0.39 is 33.9 Å². The van der Waals surface area contributed by atoms with E-state index in [0.717, 1.165) is 0 Å². The van der Waals surface area contributed by atoms with E-state index in [1.807, 2.05) is 6.07 Å². The Kier molecular flexibility index (Phi) is 4.67. The Morgan fingerprint density at radius 3 is 2.62 bits per heavy atom. The molecule has 1 atom stereocenters. The van der Waals surface area contributed by atoms with Crippen LogP contribution in [0.3, 0.4) is 0 Å². The van der Waals surface area contributed by atoms with Crippen LogP contribution in [0.15, 0.2) is 24.3 Å². The highest BCUT2D eigenvalue weighted by Gasteiger charge is 2.38. The van der Waals surface area contributed by atoms with Crippen LogP contribution in [0.4, 0.5) is 0 Å². The fourth-order valence-corrected chi connectivity index (χ4v) is 3.79. The smallest absolute Gasteiger partial charge is 0.268 e. The molecule has 0 spiro atoms. The van der Waals surface area contributed by atoms with E-state index in [0.29, 0.717) is 9.87 Å². The van der Waals surface area contributed by atoms with Crippen molar-refractivity contribution in [3.63, 3.8) is 0 Å². The summed E-state index contributed by atoms with van der Waals surface area (Å²) in [6, 6.07) is 8.41. The Morgan fingerprint density at radius 1 is 1.42 bits per heavy atom. The van der Waals surface area contributed by atoms with E-state index in [9.17, 15) is 23.3 Å². The molecule has 1 N–H and O–H groups in total. The zero-order chi connectivity index (χ0) is 18.1. The summed E-state index contributed by atoms with van der Waals surface area (Å²) in [5, 5.41) is 11.7. The van der Waals surface area contributed by atoms with Gasteiger partial charge in [-0.25, -0.2) is 12.7 Å². The first kappa shape index (κ1) is 17.9. The van der Waals surface area contributed by atoms with E-state index in [2.05, 4.69) is 5.32 Å². The van der Waals surface area contributed by atoms with Gasteiger partial charge in [-0.3, -0.25) is 9.59 Å². The van der Waals surface area contributed by atoms with Crippen molar-refractivity contribution in [3.05, 3.63) is 35.4 Å². The molecule has 1 unspecified atom stereocenters. The molecule has 0 aromatic heterocycles. The Balaban J connectivity index is 2.25. The van der Waals surface area contributed by atoms with Crippen molar-refractivity contribution in [2.45, 2.75) is 32.1 Å². The number of hydrogen-bond acceptors (Lipinski definition) is 5. The summed E-state index contributed by atoms with van der Waals surface area (Å²) >= 11 is 0. The fourth-order valence-electron chi connectivity index (χ4n) is 2.32. The first-order valence-corrected chi connectivity index (χ1v) is 9.06. The van der Waals surface area contributed by atoms with Gasteiger partial charge in [-0.1, -0.05) is 32.0 Å². The maximum Gasteiger partial charge on any atom is 0.268 e. The van der Waals surface area contributed by atoms with Crippen molar-refractivity contribution in [3.8, 4) is 6.07 Å². The summed E-state index contributed by atoms with van der Waals surface area (Å²) in [5.41, 5.74) is -0.451. The maximum absolute atomic E-state index is 12.4. The Labute approximate surface area is 141 Å². The second-order valence-electron chi connectivity index (χ2n) is 6.24. The van der Waals surface area contributed by atoms with Gasteiger partial charge in [0.15, 0.2) is 0 Å². The number of carbonyl (C=O) groups excluding carboxylic acids is 2. The Morgan fingerprint density at radius 2 is 2.04 bits per heavy atom. The normalized spacial score (nSPS) is 18.5. The first-order valence-electron chi connectivity index (χ1n) is 7.45. The zero-order valence-corrected chi connectivity index (χ0v) is 14.6. The third-order valence-electron chi connectivity index (χ3n) is 4.22. The molecule has 8 heteroatoms. The molecule has 1 aromatic carbocycles. The maximum atomic E-state index is 12.4. The highest BCUT2D eigenvalue weighted by molar-refractivity contribution is 7.89. The molecule has 0 bridgehead atoms. The molecule has 0 fully saturated rings. The second-order valence-corrected chi connectivity index (χ2v) is 8.14. The van der Waals surface area contributed by atoms with E-state index in [1.54, 1.807) is 39.0 Å². The van der Waals surface area contributed by atoms with Crippen LogP contribution in [0.25, 0.3) is 0 Å². The van der Waals surface area contributed by atoms with E-state index in [4.69, 9.17) is 0 Å². The number of nitriles is 1. The van der Waals surface area contributed by atoms with Gasteiger partial charge in [0.2, 0.25) is 15.9 Å². The van der Waals surface area contributed by atoms with Gasteiger partial charge in [0.1, 0.15) is 12.1 Å². The number of rotatable bonds is 4. The SMILES string of the molecule is CC(C)C(C)(C#N)NC(=O)CN1C(=O)c2ccccc2CS1(=O)=O. The molecular formula is C16H19N3O4S. The number of amides is 2. The molecule has 1 aromatic rings. The van der Waals surface area contributed by atoms with Gasteiger partial charge < -0.3 is 5.32 Å². The van der Waals surface area contributed by atoms with Crippen LogP contribution in [0.2, 0.25) is 0 Å². The van der Waals surface area contributed by atoms with Crippen molar-refractivity contribution < 1.29 is 18.0 Å². The third-order valence-corrected chi connectivity index (χ3v) is 5.86. The van der Waals surface area contributed by atoms with Crippen LogP contribution in [-0.4, -0.2) is 36.6 Å². The lowest BCUT2D eigenvalue weighted by Gasteiger charge is -2.31. The molecule has 0 radical (unpaired) electrons. The second kappa shape index (κ2) is 6.24. The predicted molar refractivity (Wildman–Crippen MR) is 87.1 cm³/mol. The fraction of sp³-hybridized carbons (Fsp3) is 0.438. The van der Waals surface area contributed by atoms with Crippen LogP contribution in [0, 0.1) is 17.2 Å². The number of benzene rings is 1. The van der Waals surface area contributed by atoms with Gasteiger partial charge in [-0.2, -0.15) is 5.26 Å². The van der Waals surface area contributed by atoms with E-state index in [-0.39, 0.29) is 17.2 Å². The van der Waals surface area contributed by atoms with Crippen molar-refractivity contribution in [2.75, 3.05) is 6.54 Å². The molecule has 1 aliphatic heterocycles. The van der Waals surface area contributed by atoms with Gasteiger partial charge >= 0.3 is 0 Å². The molecule has 0 saturated carbocycles. The van der Waals surface area contributed by atoms with Gasteiger partial charge in [-0.05, 0) is 24.5 Å². The zero-order valence-electron chi connectivity index (χ0n) is 13.7. The average molecular weight is 349 g/mol. The number of sulfonamides is 1. The first-order chi connectivity index (χ1) is 11.1. The van der Waals surface area contributed by atoms with Crippen LogP contribution in [0.1, 0.15) is 36.7 Å². The van der Waals surface area contributed by atoms with E-state index in [1.165, 1.54) is 6.07 Å². The molecule has 1 heterocycles. The van der Waals surface area contributed by atoms with Crippen LogP contribution in [0.5, 0.6) is 0 Å². The molecule has 7 nitrogen and oxygen atoms in total. The number of hydrogen-bond donors (Lipinski definition) is 1. The Hall–Kier alpha value is -2.40. The van der Waals surface area contributed by atoms with Gasteiger partial charge in [-0.15, -0.1) is 0 Å². The Bertz CT molecular complexity index is 826. The predicted octanol–water partition coefficient (Wildman–Crippen LogP) is 1.03. The van der Waals surface area contributed by atoms with Crippen LogP contribution < -0.4 is 5.32 Å². The quantitative estimate of drug-likeness (QED) is 0.873. The minimum Gasteiger partial charge on any atom is -0.336 e. The lowest BCUT2D eigenvalue weighted by Crippen LogP contribution is -2.54. The highest BCUT2D eigenvalue weighted by Crippen LogP contribution is 2.24. The third kappa shape index (κ3) is 3.26. The minimum absolute atomic E-state index is 0.180. The summed E-state index contributed by atoms with van der Waals surface area (Å²) in [7, 11) is -3.92. The molecule has 128 valence electrons. The lowest BCUT2D eigenvalue weighted by molar-refractivity contribution is -0.122. The van der Waals surface area contributed by atoms with Crippen LogP contribution >= 0.6 is 0 Å². The summed E-state index contributed by atoms with van der Waals surface area (Å²) in [6.45, 7) is 4.45. The highest BCUT2D eigenvalue weighted by atomic mass is 32.2. The molecular weight excluding hydrogens is 330 g/mol. The summed E-state index contributed by atoms with van der Waals surface area (Å²) in [5.74, 6) is -1.93. The molecule has 0 saturated heterocycles. The van der Waals surface area contributed by atoms with Crippen molar-refractivity contribution in [1.29, 1.82) is 5.26 Å². The van der Waals surface area contributed by atoms with Crippen molar-refractivity contribution >= 4 is 21.8 Å². The molecule has 2 rings (SSSR count). The number of nitrogens with zero attached hydrogens (tertiary/aromatic N) is 2. The standard InChI is InChI=1S/C16H19N3O4S/c1-11(2)16(3,10-17)18-14(20)8-19-15(21)13-7-5-4-6-12(13)9-24(19,22)23/h4-7,11H,8-9H2,1-3H3,(H,18,20). The van der Waals surface area contributed by atoms with Gasteiger partial charge in [0.25, 0.3) is 5.91 Å². The average Bonchev–Trinajstić information content (AvgIpc) is 2.50.